The van der Waals surface area contributed by atoms with Crippen LogP contribution in [-0.2, 0) is 0 Å². The fourth-order valence-corrected chi connectivity index (χ4v) is 14.6. The first-order valence-electron chi connectivity index (χ1n) is 17.3. The first-order chi connectivity index (χ1) is 24.7. The van der Waals surface area contributed by atoms with Crippen molar-refractivity contribution in [3.63, 3.8) is 0 Å². The number of anilines is 3. The predicted octanol–water partition coefficient (Wildman–Crippen LogP) is 11.4. The van der Waals surface area contributed by atoms with E-state index in [1.165, 1.54) is 96.9 Å². The topological polar surface area (TPSA) is 3.24 Å². The van der Waals surface area contributed by atoms with Crippen molar-refractivity contribution in [3.05, 3.63) is 170 Å². The number of hydrogen-bond donors (Lipinski definition) is 0. The van der Waals surface area contributed by atoms with Crippen LogP contribution in [0.4, 0.5) is 17.1 Å². The van der Waals surface area contributed by atoms with Crippen LogP contribution in [0.5, 0.6) is 0 Å². The van der Waals surface area contributed by atoms with E-state index in [-0.39, 0.29) is 0 Å². The Morgan fingerprint density at radius 2 is 1.20 bits per heavy atom. The van der Waals surface area contributed by atoms with Crippen LogP contribution in [-0.4, -0.2) is 8.07 Å². The lowest BCUT2D eigenvalue weighted by molar-refractivity contribution is 1.29. The van der Waals surface area contributed by atoms with Crippen molar-refractivity contribution in [2.45, 2.75) is 6.55 Å². The van der Waals surface area contributed by atoms with Gasteiger partial charge in [0.2, 0.25) is 0 Å². The fourth-order valence-electron chi connectivity index (χ4n) is 8.91. The van der Waals surface area contributed by atoms with E-state index in [4.69, 9.17) is 0 Å². The highest BCUT2D eigenvalue weighted by Crippen LogP contribution is 2.48. The van der Waals surface area contributed by atoms with E-state index < -0.39 is 8.07 Å². The summed E-state index contributed by atoms with van der Waals surface area (Å²) in [5.74, 6) is 0. The minimum absolute atomic E-state index is 1.19. The molecule has 1 aromatic heterocycles. The predicted molar refractivity (Wildman–Crippen MR) is 218 cm³/mol. The molecule has 1 nitrogen and oxygen atoms in total. The van der Waals surface area contributed by atoms with Crippen molar-refractivity contribution >= 4 is 83.0 Å². The summed E-state index contributed by atoms with van der Waals surface area (Å²) in [7, 11) is -2.42. The van der Waals surface area contributed by atoms with Crippen LogP contribution >= 0.6 is 11.3 Å². The molecule has 50 heavy (non-hydrogen) atoms. The van der Waals surface area contributed by atoms with Gasteiger partial charge < -0.3 is 4.90 Å². The number of rotatable bonds is 3. The molecule has 0 fully saturated rings. The summed E-state index contributed by atoms with van der Waals surface area (Å²) in [4.78, 5) is 2.54. The second-order valence-corrected chi connectivity index (χ2v) is 18.7. The van der Waals surface area contributed by atoms with Crippen LogP contribution in [0.1, 0.15) is 0 Å². The zero-order valence-electron chi connectivity index (χ0n) is 27.5. The summed E-state index contributed by atoms with van der Waals surface area (Å²) in [6.07, 6.45) is 0. The van der Waals surface area contributed by atoms with Crippen LogP contribution in [0.3, 0.4) is 0 Å². The molecule has 0 saturated carbocycles. The average molecular weight is 670 g/mol. The van der Waals surface area contributed by atoms with Gasteiger partial charge in [-0.05, 0) is 102 Å². The highest BCUT2D eigenvalue weighted by atomic mass is 32.1. The zero-order chi connectivity index (χ0) is 33.0. The normalized spacial score (nSPS) is 15.7. The highest BCUT2D eigenvalue weighted by Gasteiger charge is 2.51. The first-order valence-corrected chi connectivity index (χ1v) is 20.7. The van der Waals surface area contributed by atoms with E-state index in [1.807, 2.05) is 11.3 Å². The van der Waals surface area contributed by atoms with Gasteiger partial charge in [0.25, 0.3) is 0 Å². The molecule has 11 rings (SSSR count). The molecule has 8 aromatic carbocycles. The van der Waals surface area contributed by atoms with Gasteiger partial charge in [-0.1, -0.05) is 134 Å². The van der Waals surface area contributed by atoms with Gasteiger partial charge in [0.1, 0.15) is 0 Å². The van der Waals surface area contributed by atoms with E-state index in [0.717, 1.165) is 0 Å². The number of thiophene rings is 1. The largest absolute Gasteiger partial charge is 0.311 e. The Labute approximate surface area is 296 Å². The summed E-state index contributed by atoms with van der Waals surface area (Å²) in [5.41, 5.74) is 11.7. The maximum Gasteiger partial charge on any atom is 0.152 e. The van der Waals surface area contributed by atoms with Gasteiger partial charge in [0.15, 0.2) is 8.07 Å². The molecule has 2 aliphatic heterocycles. The van der Waals surface area contributed by atoms with Crippen molar-refractivity contribution < 1.29 is 0 Å². The number of nitrogens with zero attached hydrogens (tertiary/aromatic N) is 1. The van der Waals surface area contributed by atoms with Crippen molar-refractivity contribution in [1.82, 2.24) is 0 Å². The Hall–Kier alpha value is -5.74. The van der Waals surface area contributed by atoms with Gasteiger partial charge in [-0.15, -0.1) is 11.3 Å². The van der Waals surface area contributed by atoms with Crippen LogP contribution in [0, 0.1) is 0 Å². The molecule has 3 heteroatoms. The summed E-state index contributed by atoms with van der Waals surface area (Å²) >= 11 is 1.92. The molecule has 0 spiro atoms. The molecular weight excluding hydrogens is 639 g/mol. The summed E-state index contributed by atoms with van der Waals surface area (Å²) in [6, 6.07) is 63.6. The van der Waals surface area contributed by atoms with Crippen LogP contribution in [0.25, 0.3) is 64.3 Å². The lowest BCUT2D eigenvalue weighted by Gasteiger charge is -2.41. The minimum atomic E-state index is -2.42. The molecule has 0 saturated heterocycles. The molecule has 1 unspecified atom stereocenters. The van der Waals surface area contributed by atoms with E-state index in [0.29, 0.717) is 0 Å². The van der Waals surface area contributed by atoms with Crippen molar-refractivity contribution in [2.75, 3.05) is 4.90 Å². The average Bonchev–Trinajstić information content (AvgIpc) is 3.69. The second kappa shape index (κ2) is 10.4. The van der Waals surface area contributed by atoms with Gasteiger partial charge in [0.05, 0.1) is 0 Å². The van der Waals surface area contributed by atoms with Gasteiger partial charge in [0, 0.05) is 37.2 Å². The Balaban J connectivity index is 1.16. The molecule has 0 radical (unpaired) electrons. The quantitative estimate of drug-likeness (QED) is 0.169. The van der Waals surface area contributed by atoms with E-state index in [2.05, 4.69) is 181 Å². The summed E-state index contributed by atoms with van der Waals surface area (Å²) < 4.78 is 2.73. The van der Waals surface area contributed by atoms with E-state index in [1.54, 1.807) is 0 Å². The maximum absolute atomic E-state index is 2.61. The second-order valence-electron chi connectivity index (χ2n) is 13.8. The van der Waals surface area contributed by atoms with Gasteiger partial charge in [-0.25, -0.2) is 0 Å². The minimum Gasteiger partial charge on any atom is -0.311 e. The molecule has 1 atom stereocenters. The van der Waals surface area contributed by atoms with Crippen LogP contribution < -0.4 is 20.5 Å². The van der Waals surface area contributed by atoms with E-state index in [9.17, 15) is 0 Å². The third kappa shape index (κ3) is 3.82. The highest BCUT2D eigenvalue weighted by molar-refractivity contribution is 7.26. The first kappa shape index (κ1) is 28.1. The number of hydrogen-bond acceptors (Lipinski definition) is 2. The molecule has 0 N–H and O–H groups in total. The zero-order valence-corrected chi connectivity index (χ0v) is 29.3. The molecule has 0 bridgehead atoms. The number of fused-ring (bicyclic) bond motifs is 10. The van der Waals surface area contributed by atoms with Crippen LogP contribution in [0.15, 0.2) is 170 Å². The summed E-state index contributed by atoms with van der Waals surface area (Å²) in [6.45, 7) is 2.61. The lowest BCUT2D eigenvalue weighted by atomic mass is 9.98. The standard InChI is InChI=1S/C47H31NSSi/c1-50-43-27-26-42-45(37-14-7-8-17-41(37)49-42)46(43)38-15-9-16-40(47(38)50)48(39-25-22-35(29-44(39)50)30-10-3-2-4-11-30)36-23-20-32(21-24-36)34-19-18-31-12-5-6-13-33(31)28-34/h2-29H,1H3. The summed E-state index contributed by atoms with van der Waals surface area (Å²) in [5, 5.41) is 9.89. The van der Waals surface area contributed by atoms with Crippen LogP contribution in [0.2, 0.25) is 6.55 Å². The molecule has 234 valence electrons. The van der Waals surface area contributed by atoms with Crippen molar-refractivity contribution in [3.8, 4) is 33.4 Å². The Bertz CT molecular complexity index is 2830. The smallest absolute Gasteiger partial charge is 0.152 e. The third-order valence-corrected chi connectivity index (χ3v) is 16.9. The van der Waals surface area contributed by atoms with Gasteiger partial charge in [-0.3, -0.25) is 0 Å². The molecule has 9 aromatic rings. The fraction of sp³-hybridized carbons (Fsp3) is 0.0213. The molecule has 2 aliphatic rings. The molecule has 0 aliphatic carbocycles. The Kier molecular flexibility index (Phi) is 5.84. The van der Waals surface area contributed by atoms with Crippen molar-refractivity contribution in [2.24, 2.45) is 0 Å². The van der Waals surface area contributed by atoms with E-state index >= 15 is 0 Å². The molecular formula is C47H31NSSi. The Morgan fingerprint density at radius 3 is 2.08 bits per heavy atom. The van der Waals surface area contributed by atoms with Gasteiger partial charge in [-0.2, -0.15) is 0 Å². The number of benzene rings is 8. The third-order valence-electron chi connectivity index (χ3n) is 11.2. The monoisotopic (exact) mass is 669 g/mol. The Morgan fingerprint density at radius 1 is 0.480 bits per heavy atom. The van der Waals surface area contributed by atoms with Crippen molar-refractivity contribution in [1.29, 1.82) is 0 Å². The SMILES string of the molecule is C[Si]12c3cc(-c4ccccc4)ccc3N(c3ccc(-c4ccc5ccccc5c4)cc3)c3cccc(c31)-c1c2ccc2sc3ccccc3c12. The molecule has 0 amide bonds. The lowest BCUT2D eigenvalue weighted by Crippen LogP contribution is -2.66. The maximum atomic E-state index is 2.61. The molecule has 3 heterocycles. The van der Waals surface area contributed by atoms with Gasteiger partial charge >= 0.3 is 0 Å².